The first kappa shape index (κ1) is 19.3. The first-order chi connectivity index (χ1) is 15.0. The van der Waals surface area contributed by atoms with Gasteiger partial charge in [-0.2, -0.15) is 5.10 Å². The van der Waals surface area contributed by atoms with Crippen molar-refractivity contribution in [3.05, 3.63) is 77.6 Å². The number of carboxylic acid groups (broad SMARTS) is 1. The molecule has 0 aliphatic heterocycles. The van der Waals surface area contributed by atoms with E-state index in [1.807, 2.05) is 66.9 Å². The molecule has 1 aliphatic rings. The molecule has 2 N–H and O–H groups in total. The third kappa shape index (κ3) is 3.24. The zero-order valence-corrected chi connectivity index (χ0v) is 17.6. The SMILES string of the molecule is Cc1cc(C)n2nc(-c3ccc(C4(NC(=O)O)CCC4)cc3)c(-c3ccccc3)c2n1. The van der Waals surface area contributed by atoms with E-state index in [0.717, 1.165) is 64.2 Å². The molecule has 1 amide bonds. The lowest BCUT2D eigenvalue weighted by Crippen LogP contribution is -2.50. The molecule has 0 saturated heterocycles. The summed E-state index contributed by atoms with van der Waals surface area (Å²) in [5.41, 5.74) is 7.27. The van der Waals surface area contributed by atoms with E-state index in [0.29, 0.717) is 0 Å². The maximum atomic E-state index is 11.3. The molecule has 5 rings (SSSR count). The highest BCUT2D eigenvalue weighted by Crippen LogP contribution is 2.42. The smallest absolute Gasteiger partial charge is 0.405 e. The van der Waals surface area contributed by atoms with Gasteiger partial charge < -0.3 is 10.4 Å². The fourth-order valence-electron chi connectivity index (χ4n) is 4.56. The number of aromatic nitrogens is 3. The Hall–Kier alpha value is -3.67. The molecule has 0 atom stereocenters. The molecule has 2 aromatic carbocycles. The minimum absolute atomic E-state index is 0.471. The van der Waals surface area contributed by atoms with Gasteiger partial charge in [-0.25, -0.2) is 14.3 Å². The van der Waals surface area contributed by atoms with Crippen LogP contribution < -0.4 is 5.32 Å². The Morgan fingerprint density at radius 3 is 2.35 bits per heavy atom. The van der Waals surface area contributed by atoms with Crippen molar-refractivity contribution in [2.24, 2.45) is 0 Å². The highest BCUT2D eigenvalue weighted by Gasteiger charge is 2.40. The first-order valence-corrected chi connectivity index (χ1v) is 10.5. The maximum absolute atomic E-state index is 11.3. The molecule has 1 saturated carbocycles. The van der Waals surface area contributed by atoms with Gasteiger partial charge in [0.2, 0.25) is 0 Å². The third-order valence-corrected chi connectivity index (χ3v) is 6.22. The van der Waals surface area contributed by atoms with E-state index in [2.05, 4.69) is 17.4 Å². The number of benzene rings is 2. The van der Waals surface area contributed by atoms with Crippen LogP contribution in [0.2, 0.25) is 0 Å². The number of rotatable bonds is 4. The predicted octanol–water partition coefficient (Wildman–Crippen LogP) is 5.33. The minimum atomic E-state index is -0.979. The van der Waals surface area contributed by atoms with Gasteiger partial charge in [-0.1, -0.05) is 54.6 Å². The lowest BCUT2D eigenvalue weighted by molar-refractivity contribution is 0.144. The zero-order chi connectivity index (χ0) is 21.6. The van der Waals surface area contributed by atoms with Gasteiger partial charge in [0.1, 0.15) is 5.69 Å². The molecule has 0 unspecified atom stereocenters. The number of fused-ring (bicyclic) bond motifs is 1. The van der Waals surface area contributed by atoms with Crippen molar-refractivity contribution in [2.75, 3.05) is 0 Å². The van der Waals surface area contributed by atoms with Gasteiger partial charge >= 0.3 is 6.09 Å². The summed E-state index contributed by atoms with van der Waals surface area (Å²) in [5, 5.41) is 16.9. The van der Waals surface area contributed by atoms with Gasteiger partial charge in [-0.05, 0) is 50.3 Å². The van der Waals surface area contributed by atoms with E-state index < -0.39 is 11.6 Å². The zero-order valence-electron chi connectivity index (χ0n) is 17.6. The van der Waals surface area contributed by atoms with Crippen LogP contribution in [0, 0.1) is 13.8 Å². The second kappa shape index (κ2) is 7.23. The van der Waals surface area contributed by atoms with Gasteiger partial charge in [0.15, 0.2) is 5.65 Å². The van der Waals surface area contributed by atoms with E-state index in [9.17, 15) is 9.90 Å². The van der Waals surface area contributed by atoms with E-state index in [1.54, 1.807) is 0 Å². The van der Waals surface area contributed by atoms with Crippen molar-refractivity contribution in [1.82, 2.24) is 19.9 Å². The molecule has 0 bridgehead atoms. The molecule has 156 valence electrons. The summed E-state index contributed by atoms with van der Waals surface area (Å²) in [6.07, 6.45) is 1.69. The van der Waals surface area contributed by atoms with E-state index in [4.69, 9.17) is 10.1 Å². The van der Waals surface area contributed by atoms with Crippen LogP contribution >= 0.6 is 0 Å². The number of carbonyl (C=O) groups is 1. The predicted molar refractivity (Wildman–Crippen MR) is 120 cm³/mol. The van der Waals surface area contributed by atoms with Crippen LogP contribution in [0.3, 0.4) is 0 Å². The Morgan fingerprint density at radius 1 is 1.03 bits per heavy atom. The van der Waals surface area contributed by atoms with E-state index in [-0.39, 0.29) is 0 Å². The van der Waals surface area contributed by atoms with Gasteiger partial charge in [0.05, 0.1) is 11.1 Å². The quantitative estimate of drug-likeness (QED) is 0.475. The lowest BCUT2D eigenvalue weighted by atomic mass is 9.71. The second-order valence-corrected chi connectivity index (χ2v) is 8.31. The number of amides is 1. The number of nitrogens with one attached hydrogen (secondary N) is 1. The van der Waals surface area contributed by atoms with Gasteiger partial charge in [-0.15, -0.1) is 0 Å². The third-order valence-electron chi connectivity index (χ3n) is 6.22. The average Bonchev–Trinajstić information content (AvgIpc) is 3.11. The van der Waals surface area contributed by atoms with Crippen molar-refractivity contribution in [3.63, 3.8) is 0 Å². The Morgan fingerprint density at radius 2 is 1.74 bits per heavy atom. The van der Waals surface area contributed by atoms with Crippen LogP contribution in [0.15, 0.2) is 60.7 Å². The van der Waals surface area contributed by atoms with Crippen LogP contribution in [0.25, 0.3) is 28.0 Å². The minimum Gasteiger partial charge on any atom is -0.465 e. The maximum Gasteiger partial charge on any atom is 0.405 e. The molecule has 2 heterocycles. The Labute approximate surface area is 180 Å². The molecule has 2 aromatic heterocycles. The highest BCUT2D eigenvalue weighted by molar-refractivity contribution is 5.90. The van der Waals surface area contributed by atoms with Crippen LogP contribution in [-0.2, 0) is 5.54 Å². The summed E-state index contributed by atoms with van der Waals surface area (Å²) in [6.45, 7) is 4.03. The molecule has 4 aromatic rings. The summed E-state index contributed by atoms with van der Waals surface area (Å²) in [4.78, 5) is 16.1. The van der Waals surface area contributed by atoms with Crippen LogP contribution in [0.1, 0.15) is 36.2 Å². The number of aryl methyl sites for hydroxylation is 2. The van der Waals surface area contributed by atoms with Crippen LogP contribution in [0.5, 0.6) is 0 Å². The van der Waals surface area contributed by atoms with Crippen LogP contribution in [-0.4, -0.2) is 25.8 Å². The molecular formula is C25H24N4O2. The largest absolute Gasteiger partial charge is 0.465 e. The lowest BCUT2D eigenvalue weighted by Gasteiger charge is -2.42. The molecule has 6 nitrogen and oxygen atoms in total. The molecule has 1 aliphatic carbocycles. The molecule has 0 radical (unpaired) electrons. The number of hydrogen-bond donors (Lipinski definition) is 2. The fraction of sp³-hybridized carbons (Fsp3) is 0.240. The number of hydrogen-bond acceptors (Lipinski definition) is 3. The van der Waals surface area contributed by atoms with Gasteiger partial charge in [0.25, 0.3) is 0 Å². The number of nitrogens with zero attached hydrogens (tertiary/aromatic N) is 3. The Bertz CT molecular complexity index is 1270. The Balaban J connectivity index is 1.65. The average molecular weight is 412 g/mol. The van der Waals surface area contributed by atoms with Crippen LogP contribution in [0.4, 0.5) is 4.79 Å². The van der Waals surface area contributed by atoms with Crippen molar-refractivity contribution in [2.45, 2.75) is 38.6 Å². The second-order valence-electron chi connectivity index (χ2n) is 8.31. The highest BCUT2D eigenvalue weighted by atomic mass is 16.4. The van der Waals surface area contributed by atoms with Gasteiger partial charge in [0, 0.05) is 17.0 Å². The topological polar surface area (TPSA) is 79.5 Å². The molecular weight excluding hydrogens is 388 g/mol. The normalized spacial score (nSPS) is 14.9. The molecule has 31 heavy (non-hydrogen) atoms. The van der Waals surface area contributed by atoms with Crippen molar-refractivity contribution in [3.8, 4) is 22.4 Å². The molecule has 0 spiro atoms. The summed E-state index contributed by atoms with van der Waals surface area (Å²) >= 11 is 0. The summed E-state index contributed by atoms with van der Waals surface area (Å²) in [6, 6.07) is 20.3. The standard InChI is InChI=1S/C25H24N4O2/c1-16-15-17(2)29-23(26-16)21(18-7-4-3-5-8-18)22(28-29)19-9-11-20(12-10-19)25(13-6-14-25)27-24(30)31/h3-5,7-12,15,27H,6,13-14H2,1-2H3,(H,30,31). The molecule has 6 heteroatoms. The van der Waals surface area contributed by atoms with E-state index in [1.165, 1.54) is 0 Å². The molecule has 1 fully saturated rings. The monoisotopic (exact) mass is 412 g/mol. The first-order valence-electron chi connectivity index (χ1n) is 10.5. The Kier molecular flexibility index (Phi) is 4.50. The summed E-state index contributed by atoms with van der Waals surface area (Å²) < 4.78 is 1.90. The van der Waals surface area contributed by atoms with Gasteiger partial charge in [-0.3, -0.25) is 0 Å². The van der Waals surface area contributed by atoms with E-state index >= 15 is 0 Å². The summed E-state index contributed by atoms with van der Waals surface area (Å²) in [5.74, 6) is 0. The van der Waals surface area contributed by atoms with Crippen molar-refractivity contribution >= 4 is 11.7 Å². The van der Waals surface area contributed by atoms with Crippen molar-refractivity contribution in [1.29, 1.82) is 0 Å². The fourth-order valence-corrected chi connectivity index (χ4v) is 4.56. The summed E-state index contributed by atoms with van der Waals surface area (Å²) in [7, 11) is 0. The van der Waals surface area contributed by atoms with Crippen molar-refractivity contribution < 1.29 is 9.90 Å².